The van der Waals surface area contributed by atoms with Crippen LogP contribution in [0.1, 0.15) is 43.9 Å². The first-order valence-electron chi connectivity index (χ1n) is 5.92. The highest BCUT2D eigenvalue weighted by Gasteiger charge is 1.95. The maximum Gasteiger partial charge on any atom is 0.140 e. The molecule has 0 aliphatic rings. The molecule has 3 nitrogen and oxygen atoms in total. The molecular weight excluding hydrogens is 198 g/mol. The molecule has 1 aromatic heterocycles. The highest BCUT2D eigenvalue weighted by atomic mass is 14.8. The Morgan fingerprint density at radius 2 is 2.25 bits per heavy atom. The molecule has 0 saturated carbocycles. The fourth-order valence-corrected chi connectivity index (χ4v) is 1.55. The van der Waals surface area contributed by atoms with E-state index in [0.29, 0.717) is 5.69 Å². The van der Waals surface area contributed by atoms with Crippen molar-refractivity contribution >= 4 is 0 Å². The predicted molar refractivity (Wildman–Crippen MR) is 64.8 cm³/mol. The van der Waals surface area contributed by atoms with Crippen molar-refractivity contribution in [1.29, 1.82) is 5.26 Å². The molecular formula is C13H19N3. The predicted octanol–water partition coefficient (Wildman–Crippen LogP) is 2.62. The van der Waals surface area contributed by atoms with Gasteiger partial charge in [-0.1, -0.05) is 26.2 Å². The number of rotatable bonds is 7. The normalized spacial score (nSPS) is 10.0. The number of pyridine rings is 1. The third kappa shape index (κ3) is 4.90. The zero-order chi connectivity index (χ0) is 11.6. The molecule has 0 saturated heterocycles. The van der Waals surface area contributed by atoms with E-state index in [1.807, 2.05) is 18.2 Å². The Labute approximate surface area is 97.5 Å². The number of unbranched alkanes of at least 4 members (excludes halogenated alkanes) is 3. The second kappa shape index (κ2) is 7.84. The molecule has 0 unspecified atom stereocenters. The number of nitriles is 1. The molecule has 1 rings (SSSR count). The van der Waals surface area contributed by atoms with Gasteiger partial charge in [0, 0.05) is 12.7 Å². The van der Waals surface area contributed by atoms with E-state index in [-0.39, 0.29) is 0 Å². The summed E-state index contributed by atoms with van der Waals surface area (Å²) in [5.74, 6) is 0. The molecule has 86 valence electrons. The van der Waals surface area contributed by atoms with Gasteiger partial charge < -0.3 is 5.32 Å². The summed E-state index contributed by atoms with van der Waals surface area (Å²) in [6, 6.07) is 5.82. The highest BCUT2D eigenvalue weighted by molar-refractivity contribution is 5.25. The molecule has 0 radical (unpaired) electrons. The van der Waals surface area contributed by atoms with Crippen LogP contribution in [0.3, 0.4) is 0 Å². The van der Waals surface area contributed by atoms with E-state index in [9.17, 15) is 0 Å². The van der Waals surface area contributed by atoms with Gasteiger partial charge in [-0.25, -0.2) is 4.98 Å². The van der Waals surface area contributed by atoms with E-state index in [4.69, 9.17) is 5.26 Å². The van der Waals surface area contributed by atoms with Crippen LogP contribution in [-0.4, -0.2) is 11.5 Å². The maximum absolute atomic E-state index is 8.70. The van der Waals surface area contributed by atoms with Crippen LogP contribution in [-0.2, 0) is 6.54 Å². The Kier molecular flexibility index (Phi) is 6.20. The molecule has 0 atom stereocenters. The standard InChI is InChI=1S/C13H19N3/c1-2-3-4-5-7-15-11-12-6-8-16-13(9-12)10-14/h6,8-9,15H,2-5,7,11H2,1H3. The summed E-state index contributed by atoms with van der Waals surface area (Å²) in [6.07, 6.45) is 6.80. The number of hydrogen-bond donors (Lipinski definition) is 1. The molecule has 0 aromatic carbocycles. The molecule has 0 amide bonds. The Morgan fingerprint density at radius 3 is 3.00 bits per heavy atom. The molecule has 3 heteroatoms. The summed E-state index contributed by atoms with van der Waals surface area (Å²) in [7, 11) is 0. The van der Waals surface area contributed by atoms with Gasteiger partial charge in [-0.2, -0.15) is 5.26 Å². The average Bonchev–Trinajstić information content (AvgIpc) is 2.34. The van der Waals surface area contributed by atoms with E-state index >= 15 is 0 Å². The van der Waals surface area contributed by atoms with Crippen LogP contribution >= 0.6 is 0 Å². The van der Waals surface area contributed by atoms with E-state index in [2.05, 4.69) is 17.2 Å². The van der Waals surface area contributed by atoms with E-state index < -0.39 is 0 Å². The first-order chi connectivity index (χ1) is 7.86. The van der Waals surface area contributed by atoms with E-state index in [1.165, 1.54) is 25.7 Å². The van der Waals surface area contributed by atoms with Crippen LogP contribution in [0.5, 0.6) is 0 Å². The van der Waals surface area contributed by atoms with Crippen molar-refractivity contribution in [2.24, 2.45) is 0 Å². The molecule has 0 bridgehead atoms. The highest BCUT2D eigenvalue weighted by Crippen LogP contribution is 2.01. The third-order valence-electron chi connectivity index (χ3n) is 2.48. The van der Waals surface area contributed by atoms with Gasteiger partial charge in [0.15, 0.2) is 0 Å². The monoisotopic (exact) mass is 217 g/mol. The lowest BCUT2D eigenvalue weighted by Crippen LogP contribution is -2.14. The van der Waals surface area contributed by atoms with Gasteiger partial charge in [-0.15, -0.1) is 0 Å². The molecule has 0 aliphatic heterocycles. The Hall–Kier alpha value is -1.40. The summed E-state index contributed by atoms with van der Waals surface area (Å²) in [6.45, 7) is 4.08. The van der Waals surface area contributed by atoms with Gasteiger partial charge in [-0.05, 0) is 30.7 Å². The molecule has 1 N–H and O–H groups in total. The minimum Gasteiger partial charge on any atom is -0.313 e. The summed E-state index contributed by atoms with van der Waals surface area (Å²) < 4.78 is 0. The van der Waals surface area contributed by atoms with Gasteiger partial charge >= 0.3 is 0 Å². The second-order valence-corrected chi connectivity index (χ2v) is 3.90. The number of nitrogens with one attached hydrogen (secondary N) is 1. The average molecular weight is 217 g/mol. The Bertz CT molecular complexity index is 341. The van der Waals surface area contributed by atoms with Crippen LogP contribution < -0.4 is 5.32 Å². The van der Waals surface area contributed by atoms with Gasteiger partial charge in [0.25, 0.3) is 0 Å². The summed E-state index contributed by atoms with van der Waals surface area (Å²) in [5.41, 5.74) is 1.62. The first-order valence-corrected chi connectivity index (χ1v) is 5.92. The molecule has 0 fully saturated rings. The van der Waals surface area contributed by atoms with Crippen molar-refractivity contribution in [3.63, 3.8) is 0 Å². The third-order valence-corrected chi connectivity index (χ3v) is 2.48. The molecule has 0 spiro atoms. The zero-order valence-corrected chi connectivity index (χ0v) is 9.87. The molecule has 1 aromatic rings. The van der Waals surface area contributed by atoms with Crippen molar-refractivity contribution in [2.75, 3.05) is 6.54 Å². The lowest BCUT2D eigenvalue weighted by atomic mass is 10.2. The van der Waals surface area contributed by atoms with Crippen molar-refractivity contribution in [3.05, 3.63) is 29.6 Å². The number of aromatic nitrogens is 1. The first kappa shape index (κ1) is 12.7. The van der Waals surface area contributed by atoms with Crippen LogP contribution in [0, 0.1) is 11.3 Å². The van der Waals surface area contributed by atoms with Gasteiger partial charge in [0.2, 0.25) is 0 Å². The van der Waals surface area contributed by atoms with Crippen molar-refractivity contribution in [3.8, 4) is 6.07 Å². The minimum atomic E-state index is 0.491. The lowest BCUT2D eigenvalue weighted by Gasteiger charge is -2.04. The summed E-state index contributed by atoms with van der Waals surface area (Å²) in [5, 5.41) is 12.1. The molecule has 16 heavy (non-hydrogen) atoms. The van der Waals surface area contributed by atoms with Gasteiger partial charge in [0.1, 0.15) is 11.8 Å². The van der Waals surface area contributed by atoms with Crippen molar-refractivity contribution in [1.82, 2.24) is 10.3 Å². The van der Waals surface area contributed by atoms with Crippen molar-refractivity contribution in [2.45, 2.75) is 39.2 Å². The number of nitrogens with zero attached hydrogens (tertiary/aromatic N) is 2. The van der Waals surface area contributed by atoms with Crippen LogP contribution in [0.25, 0.3) is 0 Å². The minimum absolute atomic E-state index is 0.491. The van der Waals surface area contributed by atoms with Crippen molar-refractivity contribution < 1.29 is 0 Å². The van der Waals surface area contributed by atoms with E-state index in [1.54, 1.807) is 6.20 Å². The topological polar surface area (TPSA) is 48.7 Å². The van der Waals surface area contributed by atoms with Crippen LogP contribution in [0.2, 0.25) is 0 Å². The second-order valence-electron chi connectivity index (χ2n) is 3.90. The molecule has 1 heterocycles. The SMILES string of the molecule is CCCCCCNCc1ccnc(C#N)c1. The molecule has 0 aliphatic carbocycles. The number of hydrogen-bond acceptors (Lipinski definition) is 3. The van der Waals surface area contributed by atoms with Gasteiger partial charge in [0.05, 0.1) is 0 Å². The maximum atomic E-state index is 8.70. The van der Waals surface area contributed by atoms with Gasteiger partial charge in [-0.3, -0.25) is 0 Å². The fraction of sp³-hybridized carbons (Fsp3) is 0.538. The largest absolute Gasteiger partial charge is 0.313 e. The zero-order valence-electron chi connectivity index (χ0n) is 9.87. The van der Waals surface area contributed by atoms with Crippen LogP contribution in [0.4, 0.5) is 0 Å². The smallest absolute Gasteiger partial charge is 0.140 e. The fourth-order valence-electron chi connectivity index (χ4n) is 1.55. The summed E-state index contributed by atoms with van der Waals surface area (Å²) >= 11 is 0. The summed E-state index contributed by atoms with van der Waals surface area (Å²) in [4.78, 5) is 3.94. The van der Waals surface area contributed by atoms with Crippen LogP contribution in [0.15, 0.2) is 18.3 Å². The van der Waals surface area contributed by atoms with E-state index in [0.717, 1.165) is 18.7 Å². The quantitative estimate of drug-likeness (QED) is 0.714. The Morgan fingerprint density at radius 1 is 1.38 bits per heavy atom. The Balaban J connectivity index is 2.19. The lowest BCUT2D eigenvalue weighted by molar-refractivity contribution is 0.598.